The molecule has 1 fully saturated rings. The Bertz CT molecular complexity index is 831. The minimum Gasteiger partial charge on any atom is -0.326 e. The molecule has 3 rings (SSSR count). The molecular weight excluding hydrogens is 360 g/mol. The Morgan fingerprint density at radius 2 is 1.74 bits per heavy atom. The molecule has 0 bridgehead atoms. The number of amides is 3. The molecule has 6 heteroatoms. The zero-order chi connectivity index (χ0) is 19.4. The van der Waals surface area contributed by atoms with Gasteiger partial charge in [0.2, 0.25) is 11.8 Å². The van der Waals surface area contributed by atoms with Crippen LogP contribution in [0, 0.1) is 0 Å². The van der Waals surface area contributed by atoms with E-state index in [1.807, 2.05) is 56.3 Å². The van der Waals surface area contributed by atoms with Gasteiger partial charge in [-0.1, -0.05) is 68.1 Å². The molecule has 1 saturated heterocycles. The van der Waals surface area contributed by atoms with Crippen LogP contribution in [0.5, 0.6) is 0 Å². The van der Waals surface area contributed by atoms with Crippen molar-refractivity contribution in [3.8, 4) is 0 Å². The first-order valence-corrected chi connectivity index (χ1v) is 9.75. The topological polar surface area (TPSA) is 66.5 Å². The van der Waals surface area contributed by atoms with Gasteiger partial charge < -0.3 is 5.32 Å². The molecule has 1 aliphatic heterocycles. The Balaban J connectivity index is 1.58. The standard InChI is InChI=1S/C21H22N2O3S/c1-21(2,16-6-4-3-5-7-16)12-18(24)22-17-10-8-15(9-11-17)13-23-19(25)14-27-20(23)26/h3-11H,12-14H2,1-2H3,(H,22,24). The summed E-state index contributed by atoms with van der Waals surface area (Å²) in [6, 6.07) is 17.2. The molecule has 0 saturated carbocycles. The number of nitrogens with one attached hydrogen (secondary N) is 1. The van der Waals surface area contributed by atoms with Crippen molar-refractivity contribution < 1.29 is 14.4 Å². The van der Waals surface area contributed by atoms with Gasteiger partial charge in [-0.2, -0.15) is 0 Å². The highest BCUT2D eigenvalue weighted by Crippen LogP contribution is 2.27. The summed E-state index contributed by atoms with van der Waals surface area (Å²) in [7, 11) is 0. The third kappa shape index (κ3) is 4.77. The predicted molar refractivity (Wildman–Crippen MR) is 108 cm³/mol. The summed E-state index contributed by atoms with van der Waals surface area (Å²) >= 11 is 1.03. The van der Waals surface area contributed by atoms with Crippen LogP contribution in [0.25, 0.3) is 0 Å². The monoisotopic (exact) mass is 382 g/mol. The predicted octanol–water partition coefficient (Wildman–Crippen LogP) is 4.19. The number of hydrogen-bond acceptors (Lipinski definition) is 4. The molecule has 5 nitrogen and oxygen atoms in total. The van der Waals surface area contributed by atoms with Crippen LogP contribution in [-0.2, 0) is 21.5 Å². The first-order valence-electron chi connectivity index (χ1n) is 8.76. The van der Waals surface area contributed by atoms with Gasteiger partial charge in [-0.25, -0.2) is 0 Å². The minimum absolute atomic E-state index is 0.0575. The van der Waals surface area contributed by atoms with E-state index in [1.54, 1.807) is 12.1 Å². The van der Waals surface area contributed by atoms with Crippen LogP contribution in [0.2, 0.25) is 0 Å². The second-order valence-corrected chi connectivity index (χ2v) is 8.13. The summed E-state index contributed by atoms with van der Waals surface area (Å²) in [6.45, 7) is 4.36. The van der Waals surface area contributed by atoms with Crippen molar-refractivity contribution >= 4 is 34.5 Å². The van der Waals surface area contributed by atoms with Crippen LogP contribution >= 0.6 is 11.8 Å². The molecule has 3 amide bonds. The fourth-order valence-electron chi connectivity index (χ4n) is 3.01. The Morgan fingerprint density at radius 1 is 1.07 bits per heavy atom. The van der Waals surface area contributed by atoms with Gasteiger partial charge in [0.25, 0.3) is 5.24 Å². The number of rotatable bonds is 6. The fourth-order valence-corrected chi connectivity index (χ4v) is 3.73. The van der Waals surface area contributed by atoms with Gasteiger partial charge in [-0.3, -0.25) is 19.3 Å². The van der Waals surface area contributed by atoms with Gasteiger partial charge >= 0.3 is 0 Å². The number of carbonyl (C=O) groups is 3. The van der Waals surface area contributed by atoms with E-state index in [0.717, 1.165) is 22.9 Å². The number of hydrogen-bond donors (Lipinski definition) is 1. The van der Waals surface area contributed by atoms with Gasteiger partial charge in [0.15, 0.2) is 0 Å². The van der Waals surface area contributed by atoms with Crippen LogP contribution < -0.4 is 5.32 Å². The molecule has 0 atom stereocenters. The number of imide groups is 1. The highest BCUT2D eigenvalue weighted by atomic mass is 32.2. The van der Waals surface area contributed by atoms with Crippen LogP contribution in [-0.4, -0.2) is 27.7 Å². The highest BCUT2D eigenvalue weighted by molar-refractivity contribution is 8.14. The van der Waals surface area contributed by atoms with Crippen LogP contribution in [0.1, 0.15) is 31.4 Å². The Labute approximate surface area is 163 Å². The molecule has 2 aromatic rings. The van der Waals surface area contributed by atoms with Gasteiger partial charge in [0, 0.05) is 12.1 Å². The molecule has 140 valence electrons. The zero-order valence-electron chi connectivity index (χ0n) is 15.4. The van der Waals surface area contributed by atoms with Crippen molar-refractivity contribution in [1.29, 1.82) is 0 Å². The van der Waals surface area contributed by atoms with E-state index in [2.05, 4.69) is 5.32 Å². The molecule has 0 radical (unpaired) electrons. The molecular formula is C21H22N2O3S. The Morgan fingerprint density at radius 3 is 2.33 bits per heavy atom. The van der Waals surface area contributed by atoms with E-state index in [-0.39, 0.29) is 34.8 Å². The molecule has 1 heterocycles. The molecule has 0 unspecified atom stereocenters. The van der Waals surface area contributed by atoms with E-state index < -0.39 is 0 Å². The van der Waals surface area contributed by atoms with E-state index in [4.69, 9.17) is 0 Å². The lowest BCUT2D eigenvalue weighted by molar-refractivity contribution is -0.125. The lowest BCUT2D eigenvalue weighted by Gasteiger charge is -2.24. The van der Waals surface area contributed by atoms with E-state index in [1.165, 1.54) is 4.90 Å². The number of thioether (sulfide) groups is 1. The number of anilines is 1. The number of benzene rings is 2. The average Bonchev–Trinajstić information content (AvgIpc) is 2.95. The van der Waals surface area contributed by atoms with Crippen molar-refractivity contribution in [1.82, 2.24) is 4.90 Å². The zero-order valence-corrected chi connectivity index (χ0v) is 16.2. The summed E-state index contributed by atoms with van der Waals surface area (Å²) in [4.78, 5) is 37.0. The molecule has 0 aromatic heterocycles. The smallest absolute Gasteiger partial charge is 0.289 e. The summed E-state index contributed by atoms with van der Waals surface area (Å²) in [5.41, 5.74) is 2.40. The number of carbonyl (C=O) groups excluding carboxylic acids is 3. The molecule has 1 aliphatic rings. The third-order valence-corrected chi connectivity index (χ3v) is 5.44. The average molecular weight is 382 g/mol. The summed E-state index contributed by atoms with van der Waals surface area (Å²) in [5.74, 6) is -0.00658. The van der Waals surface area contributed by atoms with Crippen molar-refractivity contribution in [3.05, 3.63) is 65.7 Å². The highest BCUT2D eigenvalue weighted by Gasteiger charge is 2.29. The van der Waals surface area contributed by atoms with Crippen LogP contribution in [0.3, 0.4) is 0 Å². The second kappa shape index (κ2) is 7.96. The third-order valence-electron chi connectivity index (χ3n) is 4.58. The maximum Gasteiger partial charge on any atom is 0.289 e. The van der Waals surface area contributed by atoms with Crippen molar-refractivity contribution in [2.45, 2.75) is 32.2 Å². The van der Waals surface area contributed by atoms with E-state index >= 15 is 0 Å². The molecule has 0 spiro atoms. The molecule has 1 N–H and O–H groups in total. The molecule has 27 heavy (non-hydrogen) atoms. The van der Waals surface area contributed by atoms with Crippen molar-refractivity contribution in [2.75, 3.05) is 11.1 Å². The van der Waals surface area contributed by atoms with Gasteiger partial charge in [0.05, 0.1) is 12.3 Å². The maximum absolute atomic E-state index is 12.4. The van der Waals surface area contributed by atoms with Crippen molar-refractivity contribution in [3.63, 3.8) is 0 Å². The maximum atomic E-state index is 12.4. The van der Waals surface area contributed by atoms with Gasteiger partial charge in [0.1, 0.15) is 0 Å². The lowest BCUT2D eigenvalue weighted by atomic mass is 9.81. The summed E-state index contributed by atoms with van der Waals surface area (Å²) < 4.78 is 0. The van der Waals surface area contributed by atoms with Crippen molar-refractivity contribution in [2.24, 2.45) is 0 Å². The van der Waals surface area contributed by atoms with E-state index in [0.29, 0.717) is 12.1 Å². The van der Waals surface area contributed by atoms with Crippen LogP contribution in [0.4, 0.5) is 10.5 Å². The fraction of sp³-hybridized carbons (Fsp3) is 0.286. The lowest BCUT2D eigenvalue weighted by Crippen LogP contribution is -2.28. The first-order chi connectivity index (χ1) is 12.8. The number of nitrogens with zero attached hydrogens (tertiary/aromatic N) is 1. The summed E-state index contributed by atoms with van der Waals surface area (Å²) in [5, 5.41) is 2.71. The van der Waals surface area contributed by atoms with E-state index in [9.17, 15) is 14.4 Å². The largest absolute Gasteiger partial charge is 0.326 e. The second-order valence-electron chi connectivity index (χ2n) is 7.21. The molecule has 2 aromatic carbocycles. The quantitative estimate of drug-likeness (QED) is 0.814. The Kier molecular flexibility index (Phi) is 5.65. The van der Waals surface area contributed by atoms with Crippen LogP contribution in [0.15, 0.2) is 54.6 Å². The molecule has 0 aliphatic carbocycles. The SMILES string of the molecule is CC(C)(CC(=O)Nc1ccc(CN2C(=O)CSC2=O)cc1)c1ccccc1. The summed E-state index contributed by atoms with van der Waals surface area (Å²) in [6.07, 6.45) is 0.368. The minimum atomic E-state index is -0.264. The normalized spacial score (nSPS) is 14.5. The first kappa shape index (κ1) is 19.2. The Hall–Kier alpha value is -2.60. The van der Waals surface area contributed by atoms with Gasteiger partial charge in [-0.05, 0) is 28.7 Å². The van der Waals surface area contributed by atoms with Gasteiger partial charge in [-0.15, -0.1) is 0 Å².